The van der Waals surface area contributed by atoms with E-state index in [0.29, 0.717) is 5.92 Å². The quantitative estimate of drug-likeness (QED) is 0.619. The van der Waals surface area contributed by atoms with Crippen molar-refractivity contribution < 1.29 is 9.47 Å². The molecule has 0 fully saturated rings. The van der Waals surface area contributed by atoms with Crippen LogP contribution >= 0.6 is 0 Å². The Morgan fingerprint density at radius 3 is 2.20 bits per heavy atom. The molecule has 0 spiro atoms. The van der Waals surface area contributed by atoms with Crippen LogP contribution in [0, 0.1) is 0 Å². The molecule has 0 saturated heterocycles. The molecule has 3 nitrogen and oxygen atoms in total. The Morgan fingerprint density at radius 2 is 1.56 bits per heavy atom. The first kappa shape index (κ1) is 19.2. The molecule has 1 N–H and O–H groups in total. The van der Waals surface area contributed by atoms with Crippen molar-refractivity contribution in [2.24, 2.45) is 0 Å². The molecule has 0 aliphatic heterocycles. The van der Waals surface area contributed by atoms with E-state index in [1.165, 1.54) is 5.56 Å². The predicted molar refractivity (Wildman–Crippen MR) is 106 cm³/mol. The third kappa shape index (κ3) is 6.00. The summed E-state index contributed by atoms with van der Waals surface area (Å²) in [5, 5.41) is 3.43. The second-order valence-corrected chi connectivity index (χ2v) is 6.85. The van der Waals surface area contributed by atoms with E-state index < -0.39 is 0 Å². The highest BCUT2D eigenvalue weighted by Gasteiger charge is 2.12. The van der Waals surface area contributed by atoms with Crippen molar-refractivity contribution in [1.29, 1.82) is 0 Å². The number of anilines is 1. The minimum atomic E-state index is 0.0804. The van der Waals surface area contributed by atoms with E-state index in [-0.39, 0.29) is 12.2 Å². The highest BCUT2D eigenvalue weighted by atomic mass is 16.5. The van der Waals surface area contributed by atoms with Gasteiger partial charge in [0.25, 0.3) is 0 Å². The SMILES string of the molecule is CCC(C)c1ccccc1OC(C)CNc1ccc(OC(C)C)cc1. The molecule has 2 aromatic carbocycles. The first-order valence-electron chi connectivity index (χ1n) is 9.25. The molecule has 0 aromatic heterocycles. The average Bonchev–Trinajstić information content (AvgIpc) is 2.60. The van der Waals surface area contributed by atoms with Crippen molar-refractivity contribution in [2.75, 3.05) is 11.9 Å². The molecule has 0 bridgehead atoms. The minimum absolute atomic E-state index is 0.0804. The Bertz CT molecular complexity index is 637. The van der Waals surface area contributed by atoms with E-state index in [0.717, 1.165) is 30.2 Å². The lowest BCUT2D eigenvalue weighted by Crippen LogP contribution is -2.23. The zero-order valence-electron chi connectivity index (χ0n) is 16.1. The van der Waals surface area contributed by atoms with Crippen molar-refractivity contribution in [3.05, 3.63) is 54.1 Å². The van der Waals surface area contributed by atoms with Gasteiger partial charge in [0, 0.05) is 5.69 Å². The third-order valence-electron chi connectivity index (χ3n) is 4.21. The van der Waals surface area contributed by atoms with Crippen molar-refractivity contribution in [3.63, 3.8) is 0 Å². The smallest absolute Gasteiger partial charge is 0.123 e. The molecule has 0 aliphatic rings. The van der Waals surface area contributed by atoms with Crippen molar-refractivity contribution in [1.82, 2.24) is 0 Å². The summed E-state index contributed by atoms with van der Waals surface area (Å²) >= 11 is 0. The van der Waals surface area contributed by atoms with Gasteiger partial charge in [-0.2, -0.15) is 0 Å². The van der Waals surface area contributed by atoms with E-state index in [4.69, 9.17) is 9.47 Å². The number of hydrogen-bond acceptors (Lipinski definition) is 3. The zero-order valence-corrected chi connectivity index (χ0v) is 16.1. The molecule has 136 valence electrons. The highest BCUT2D eigenvalue weighted by molar-refractivity contribution is 5.46. The van der Waals surface area contributed by atoms with Gasteiger partial charge in [0.1, 0.15) is 17.6 Å². The van der Waals surface area contributed by atoms with E-state index >= 15 is 0 Å². The predicted octanol–water partition coefficient (Wildman–Crippen LogP) is 5.87. The van der Waals surface area contributed by atoms with Crippen LogP contribution in [0.1, 0.15) is 52.5 Å². The largest absolute Gasteiger partial charge is 0.491 e. The van der Waals surface area contributed by atoms with E-state index in [1.54, 1.807) is 0 Å². The highest BCUT2D eigenvalue weighted by Crippen LogP contribution is 2.29. The molecule has 2 aromatic rings. The van der Waals surface area contributed by atoms with Crippen LogP contribution in [0.5, 0.6) is 11.5 Å². The number of para-hydroxylation sites is 1. The van der Waals surface area contributed by atoms with Crippen LogP contribution in [-0.4, -0.2) is 18.8 Å². The molecule has 0 radical (unpaired) electrons. The topological polar surface area (TPSA) is 30.5 Å². The number of rotatable bonds is 9. The van der Waals surface area contributed by atoms with Gasteiger partial charge in [-0.1, -0.05) is 32.0 Å². The summed E-state index contributed by atoms with van der Waals surface area (Å²) in [4.78, 5) is 0. The average molecular weight is 341 g/mol. The van der Waals surface area contributed by atoms with Crippen molar-refractivity contribution >= 4 is 5.69 Å². The van der Waals surface area contributed by atoms with Gasteiger partial charge in [-0.05, 0) is 69.0 Å². The van der Waals surface area contributed by atoms with Gasteiger partial charge < -0.3 is 14.8 Å². The van der Waals surface area contributed by atoms with Crippen molar-refractivity contribution in [2.45, 2.75) is 59.2 Å². The van der Waals surface area contributed by atoms with E-state index in [2.05, 4.69) is 44.3 Å². The number of nitrogens with one attached hydrogen (secondary N) is 1. The lowest BCUT2D eigenvalue weighted by molar-refractivity contribution is 0.231. The van der Waals surface area contributed by atoms with Gasteiger partial charge in [0.15, 0.2) is 0 Å². The lowest BCUT2D eigenvalue weighted by atomic mass is 9.98. The maximum absolute atomic E-state index is 6.18. The van der Waals surface area contributed by atoms with Crippen LogP contribution in [0.3, 0.4) is 0 Å². The third-order valence-corrected chi connectivity index (χ3v) is 4.21. The number of ether oxygens (including phenoxy) is 2. The number of benzene rings is 2. The van der Waals surface area contributed by atoms with Crippen LogP contribution in [0.15, 0.2) is 48.5 Å². The van der Waals surface area contributed by atoms with Crippen LogP contribution in [0.4, 0.5) is 5.69 Å². The fourth-order valence-corrected chi connectivity index (χ4v) is 2.66. The molecule has 0 amide bonds. The second-order valence-electron chi connectivity index (χ2n) is 6.85. The van der Waals surface area contributed by atoms with Gasteiger partial charge in [-0.25, -0.2) is 0 Å². The Labute approximate surface area is 152 Å². The molecule has 2 unspecified atom stereocenters. The molecule has 25 heavy (non-hydrogen) atoms. The van der Waals surface area contributed by atoms with Crippen LogP contribution in [0.2, 0.25) is 0 Å². The minimum Gasteiger partial charge on any atom is -0.491 e. The van der Waals surface area contributed by atoms with E-state index in [9.17, 15) is 0 Å². The summed E-state index contributed by atoms with van der Waals surface area (Å²) in [6.45, 7) is 11.4. The molecule has 2 atom stereocenters. The van der Waals surface area contributed by atoms with Crippen LogP contribution < -0.4 is 14.8 Å². The van der Waals surface area contributed by atoms with Crippen molar-refractivity contribution in [3.8, 4) is 11.5 Å². The van der Waals surface area contributed by atoms with Gasteiger partial charge >= 0.3 is 0 Å². The summed E-state index contributed by atoms with van der Waals surface area (Å²) in [6, 6.07) is 16.4. The fourth-order valence-electron chi connectivity index (χ4n) is 2.66. The normalized spacial score (nSPS) is 13.4. The Hall–Kier alpha value is -2.16. The lowest BCUT2D eigenvalue weighted by Gasteiger charge is -2.20. The van der Waals surface area contributed by atoms with Gasteiger partial charge in [0.2, 0.25) is 0 Å². The Morgan fingerprint density at radius 1 is 0.880 bits per heavy atom. The van der Waals surface area contributed by atoms with Gasteiger partial charge in [-0.15, -0.1) is 0 Å². The van der Waals surface area contributed by atoms with Crippen LogP contribution in [0.25, 0.3) is 0 Å². The summed E-state index contributed by atoms with van der Waals surface area (Å²) in [6.07, 6.45) is 1.38. The summed E-state index contributed by atoms with van der Waals surface area (Å²) in [7, 11) is 0. The molecular formula is C22H31NO2. The Balaban J connectivity index is 1.90. The maximum atomic E-state index is 6.18. The first-order valence-corrected chi connectivity index (χ1v) is 9.25. The molecular weight excluding hydrogens is 310 g/mol. The second kappa shape index (κ2) is 9.36. The first-order chi connectivity index (χ1) is 12.0. The van der Waals surface area contributed by atoms with Gasteiger partial charge in [0.05, 0.1) is 12.6 Å². The molecule has 0 aliphatic carbocycles. The summed E-state index contributed by atoms with van der Waals surface area (Å²) < 4.78 is 11.8. The maximum Gasteiger partial charge on any atom is 0.123 e. The molecule has 3 heteroatoms. The monoisotopic (exact) mass is 341 g/mol. The zero-order chi connectivity index (χ0) is 18.2. The fraction of sp³-hybridized carbons (Fsp3) is 0.455. The summed E-state index contributed by atoms with van der Waals surface area (Å²) in [5.74, 6) is 2.39. The standard InChI is InChI=1S/C22H31NO2/c1-6-17(4)21-9-7-8-10-22(21)25-18(5)15-23-19-11-13-20(14-12-19)24-16(2)3/h7-14,16-18,23H,6,15H2,1-5H3. The van der Waals surface area contributed by atoms with Gasteiger partial charge in [-0.3, -0.25) is 0 Å². The van der Waals surface area contributed by atoms with E-state index in [1.807, 2.05) is 44.2 Å². The Kier molecular flexibility index (Phi) is 7.17. The molecule has 0 heterocycles. The molecule has 2 rings (SSSR count). The van der Waals surface area contributed by atoms with Crippen LogP contribution in [-0.2, 0) is 0 Å². The molecule has 0 saturated carbocycles. The number of hydrogen-bond donors (Lipinski definition) is 1. The summed E-state index contributed by atoms with van der Waals surface area (Å²) in [5.41, 5.74) is 2.36.